The van der Waals surface area contributed by atoms with Crippen LogP contribution in [0, 0.1) is 5.92 Å². The standard InChI is InChI=1S/C27H25ClN6O3/c1-2-26(35)34-23-10-20-22(11-25(23)36-14-17-12-29-13-17)31-16-32-27(20)33-18-6-7-24(21(28)9-18)37-15-19-5-3-4-8-30-19/h2-11,16-17,29H,1,12-15H2,(H,34,35)(H,31,32,33). The van der Waals surface area contributed by atoms with Gasteiger partial charge in [-0.2, -0.15) is 0 Å². The summed E-state index contributed by atoms with van der Waals surface area (Å²) in [4.78, 5) is 25.2. The number of nitrogens with zero attached hydrogens (tertiary/aromatic N) is 3. The molecule has 3 N–H and O–H groups in total. The number of halogens is 1. The lowest BCUT2D eigenvalue weighted by Crippen LogP contribution is -2.45. The minimum absolute atomic E-state index is 0.310. The molecule has 0 spiro atoms. The Balaban J connectivity index is 1.38. The summed E-state index contributed by atoms with van der Waals surface area (Å²) in [6.07, 6.45) is 4.40. The predicted molar refractivity (Wildman–Crippen MR) is 144 cm³/mol. The molecule has 3 heterocycles. The summed E-state index contributed by atoms with van der Waals surface area (Å²) in [5, 5.41) is 10.5. The van der Waals surface area contributed by atoms with E-state index in [1.165, 1.54) is 12.4 Å². The first kappa shape index (κ1) is 24.5. The highest BCUT2D eigenvalue weighted by molar-refractivity contribution is 6.32. The van der Waals surface area contributed by atoms with E-state index in [9.17, 15) is 4.79 Å². The van der Waals surface area contributed by atoms with Crippen molar-refractivity contribution in [3.63, 3.8) is 0 Å². The average molecular weight is 517 g/mol. The van der Waals surface area contributed by atoms with Crippen molar-refractivity contribution in [2.75, 3.05) is 30.3 Å². The molecule has 0 bridgehead atoms. The van der Waals surface area contributed by atoms with E-state index >= 15 is 0 Å². The highest BCUT2D eigenvalue weighted by Crippen LogP contribution is 2.35. The van der Waals surface area contributed by atoms with Gasteiger partial charge in [0.05, 0.1) is 28.5 Å². The fraction of sp³-hybridized carbons (Fsp3) is 0.185. The number of anilines is 3. The third-order valence-corrected chi connectivity index (χ3v) is 6.11. The van der Waals surface area contributed by atoms with Gasteiger partial charge in [-0.15, -0.1) is 0 Å². The molecule has 188 valence electrons. The number of hydrogen-bond acceptors (Lipinski definition) is 8. The number of aromatic nitrogens is 3. The second kappa shape index (κ2) is 11.2. The molecule has 1 aliphatic rings. The van der Waals surface area contributed by atoms with Crippen LogP contribution in [0.2, 0.25) is 5.02 Å². The fourth-order valence-corrected chi connectivity index (χ4v) is 3.96. The van der Waals surface area contributed by atoms with Gasteiger partial charge in [0.25, 0.3) is 0 Å². The first-order valence-electron chi connectivity index (χ1n) is 11.7. The van der Waals surface area contributed by atoms with Crippen molar-refractivity contribution < 1.29 is 14.3 Å². The molecule has 1 amide bonds. The SMILES string of the molecule is C=CC(=O)Nc1cc2c(Nc3ccc(OCc4ccccn4)c(Cl)c3)ncnc2cc1OCC1CNC1. The van der Waals surface area contributed by atoms with Gasteiger partial charge in [-0.3, -0.25) is 9.78 Å². The zero-order valence-electron chi connectivity index (χ0n) is 19.9. The monoisotopic (exact) mass is 516 g/mol. The van der Waals surface area contributed by atoms with Crippen LogP contribution in [0.5, 0.6) is 11.5 Å². The molecule has 4 aromatic rings. The summed E-state index contributed by atoms with van der Waals surface area (Å²) >= 11 is 6.48. The number of nitrogens with one attached hydrogen (secondary N) is 3. The van der Waals surface area contributed by atoms with Crippen LogP contribution in [-0.4, -0.2) is 40.6 Å². The molecule has 0 unspecified atom stereocenters. The quantitative estimate of drug-likeness (QED) is 0.260. The van der Waals surface area contributed by atoms with E-state index < -0.39 is 0 Å². The van der Waals surface area contributed by atoms with Gasteiger partial charge in [0, 0.05) is 42.3 Å². The molecular weight excluding hydrogens is 492 g/mol. The molecule has 37 heavy (non-hydrogen) atoms. The molecule has 10 heteroatoms. The lowest BCUT2D eigenvalue weighted by molar-refractivity contribution is -0.111. The second-order valence-corrected chi connectivity index (χ2v) is 8.90. The molecule has 1 saturated heterocycles. The van der Waals surface area contributed by atoms with Gasteiger partial charge in [0.1, 0.15) is 30.3 Å². The number of pyridine rings is 1. The van der Waals surface area contributed by atoms with Crippen LogP contribution >= 0.6 is 11.6 Å². The number of carbonyl (C=O) groups is 1. The highest BCUT2D eigenvalue weighted by atomic mass is 35.5. The Kier molecular flexibility index (Phi) is 7.43. The minimum atomic E-state index is -0.339. The maximum absolute atomic E-state index is 12.1. The number of carbonyl (C=O) groups excluding carboxylic acids is 1. The molecule has 0 atom stereocenters. The highest BCUT2D eigenvalue weighted by Gasteiger charge is 2.19. The van der Waals surface area contributed by atoms with Crippen molar-refractivity contribution in [3.8, 4) is 11.5 Å². The summed E-state index contributed by atoms with van der Waals surface area (Å²) in [7, 11) is 0. The predicted octanol–water partition coefficient (Wildman–Crippen LogP) is 4.72. The molecule has 2 aromatic carbocycles. The summed E-state index contributed by atoms with van der Waals surface area (Å²) < 4.78 is 11.8. The van der Waals surface area contributed by atoms with Crippen molar-refractivity contribution in [3.05, 3.63) is 84.4 Å². The van der Waals surface area contributed by atoms with Gasteiger partial charge in [0.15, 0.2) is 0 Å². The van der Waals surface area contributed by atoms with Gasteiger partial charge in [0.2, 0.25) is 5.91 Å². The van der Waals surface area contributed by atoms with E-state index in [1.54, 1.807) is 30.5 Å². The van der Waals surface area contributed by atoms with Crippen LogP contribution in [-0.2, 0) is 11.4 Å². The van der Waals surface area contributed by atoms with Gasteiger partial charge >= 0.3 is 0 Å². The Bertz CT molecular complexity index is 1430. The molecule has 1 aliphatic heterocycles. The average Bonchev–Trinajstić information content (AvgIpc) is 2.88. The Morgan fingerprint density at radius 3 is 2.73 bits per heavy atom. The van der Waals surface area contributed by atoms with Crippen LogP contribution in [0.25, 0.3) is 10.9 Å². The van der Waals surface area contributed by atoms with E-state index in [0.29, 0.717) is 63.7 Å². The van der Waals surface area contributed by atoms with E-state index in [-0.39, 0.29) is 5.91 Å². The molecule has 5 rings (SSSR count). The van der Waals surface area contributed by atoms with E-state index in [2.05, 4.69) is 37.5 Å². The lowest BCUT2D eigenvalue weighted by atomic mass is 10.1. The Morgan fingerprint density at radius 2 is 2.00 bits per heavy atom. The number of benzene rings is 2. The lowest BCUT2D eigenvalue weighted by Gasteiger charge is -2.27. The zero-order chi connectivity index (χ0) is 25.6. The second-order valence-electron chi connectivity index (χ2n) is 8.50. The smallest absolute Gasteiger partial charge is 0.247 e. The maximum atomic E-state index is 12.1. The molecule has 9 nitrogen and oxygen atoms in total. The molecule has 0 aliphatic carbocycles. The first-order chi connectivity index (χ1) is 18.1. The minimum Gasteiger partial charge on any atom is -0.491 e. The summed E-state index contributed by atoms with van der Waals surface area (Å²) in [5.74, 6) is 1.72. The van der Waals surface area contributed by atoms with Gasteiger partial charge in [-0.1, -0.05) is 24.2 Å². The molecular formula is C27H25ClN6O3. The number of hydrogen-bond donors (Lipinski definition) is 3. The van der Waals surface area contributed by atoms with Crippen molar-refractivity contribution >= 4 is 45.6 Å². The Morgan fingerprint density at radius 1 is 1.11 bits per heavy atom. The number of ether oxygens (including phenoxy) is 2. The number of fused-ring (bicyclic) bond motifs is 1. The molecule has 0 saturated carbocycles. The van der Waals surface area contributed by atoms with E-state index in [4.69, 9.17) is 21.1 Å². The first-order valence-corrected chi connectivity index (χ1v) is 12.1. The van der Waals surface area contributed by atoms with Crippen molar-refractivity contribution in [1.29, 1.82) is 0 Å². The molecule has 0 radical (unpaired) electrons. The Labute approximate surface area is 218 Å². The summed E-state index contributed by atoms with van der Waals surface area (Å²) in [6, 6.07) is 14.6. The van der Waals surface area contributed by atoms with Gasteiger partial charge in [-0.05, 0) is 42.5 Å². The van der Waals surface area contributed by atoms with Crippen LogP contribution in [0.1, 0.15) is 5.69 Å². The molecule has 1 fully saturated rings. The van der Waals surface area contributed by atoms with Crippen LogP contribution in [0.15, 0.2) is 73.7 Å². The van der Waals surface area contributed by atoms with Crippen LogP contribution in [0.3, 0.4) is 0 Å². The number of amides is 1. The Hall–Kier alpha value is -4.21. The maximum Gasteiger partial charge on any atom is 0.247 e. The largest absolute Gasteiger partial charge is 0.491 e. The normalized spacial score (nSPS) is 13.0. The van der Waals surface area contributed by atoms with Gasteiger partial charge < -0.3 is 25.4 Å². The van der Waals surface area contributed by atoms with E-state index in [1.807, 2.05) is 24.3 Å². The van der Waals surface area contributed by atoms with Crippen molar-refractivity contribution in [2.45, 2.75) is 6.61 Å². The topological polar surface area (TPSA) is 110 Å². The zero-order valence-corrected chi connectivity index (χ0v) is 20.7. The summed E-state index contributed by atoms with van der Waals surface area (Å²) in [5.41, 5.74) is 2.70. The fourth-order valence-electron chi connectivity index (χ4n) is 3.73. The van der Waals surface area contributed by atoms with Crippen molar-refractivity contribution in [1.82, 2.24) is 20.3 Å². The molecule has 2 aromatic heterocycles. The summed E-state index contributed by atoms with van der Waals surface area (Å²) in [6.45, 7) is 6.21. The van der Waals surface area contributed by atoms with Crippen LogP contribution in [0.4, 0.5) is 17.2 Å². The number of rotatable bonds is 10. The third kappa shape index (κ3) is 5.96. The van der Waals surface area contributed by atoms with Crippen LogP contribution < -0.4 is 25.4 Å². The van der Waals surface area contributed by atoms with Gasteiger partial charge in [-0.25, -0.2) is 9.97 Å². The van der Waals surface area contributed by atoms with E-state index in [0.717, 1.165) is 18.8 Å². The third-order valence-electron chi connectivity index (χ3n) is 5.82. The van der Waals surface area contributed by atoms with Crippen molar-refractivity contribution in [2.24, 2.45) is 5.92 Å².